The van der Waals surface area contributed by atoms with Crippen molar-refractivity contribution in [2.45, 2.75) is 0 Å². The summed E-state index contributed by atoms with van der Waals surface area (Å²) >= 11 is 0. The van der Waals surface area contributed by atoms with Gasteiger partial charge in [-0.3, -0.25) is 4.99 Å². The lowest BCUT2D eigenvalue weighted by Crippen LogP contribution is -1.84. The van der Waals surface area contributed by atoms with Crippen LogP contribution in [0.4, 0.5) is 11.4 Å². The molecule has 0 radical (unpaired) electrons. The topological polar surface area (TPSA) is 24.4 Å². The number of anilines is 1. The summed E-state index contributed by atoms with van der Waals surface area (Å²) in [5, 5.41) is 3.12. The van der Waals surface area contributed by atoms with Gasteiger partial charge in [-0.05, 0) is 18.2 Å². The molecule has 1 aliphatic heterocycles. The van der Waals surface area contributed by atoms with E-state index in [1.165, 1.54) is 0 Å². The molecule has 1 aromatic carbocycles. The van der Waals surface area contributed by atoms with Crippen molar-refractivity contribution in [3.63, 3.8) is 0 Å². The Labute approximate surface area is 78.9 Å². The second-order valence-corrected chi connectivity index (χ2v) is 2.30. The van der Waals surface area contributed by atoms with Gasteiger partial charge in [0.25, 0.3) is 0 Å². The average Bonchev–Trinajstić information content (AvgIpc) is 2.28. The molecule has 0 unspecified atom stereocenters. The van der Waals surface area contributed by atoms with E-state index in [0.717, 1.165) is 11.4 Å². The molecule has 1 aliphatic rings. The van der Waals surface area contributed by atoms with Gasteiger partial charge in [0.05, 0.1) is 11.4 Å². The van der Waals surface area contributed by atoms with E-state index in [9.17, 15) is 0 Å². The summed E-state index contributed by atoms with van der Waals surface area (Å²) in [5.41, 5.74) is 2.04. The molecular weight excluding hydrogens is 172 g/mol. The van der Waals surface area contributed by atoms with Crippen LogP contribution in [0.1, 0.15) is 1.43 Å². The number of nitrogens with one attached hydrogen (secondary N) is 1. The van der Waals surface area contributed by atoms with Crippen LogP contribution in [0.25, 0.3) is 0 Å². The van der Waals surface area contributed by atoms with Crippen LogP contribution in [-0.2, 0) is 0 Å². The second kappa shape index (κ2) is 3.93. The van der Waals surface area contributed by atoms with Crippen molar-refractivity contribution in [1.29, 1.82) is 0 Å². The molecular formula is C9H10ClN2+. The van der Waals surface area contributed by atoms with Gasteiger partial charge in [0, 0.05) is 12.4 Å². The molecule has 1 aromatic rings. The standard InChI is InChI=1S/C9H8N2.ClH/c1-2-5-9-8(4-1)10-6-3-7-11-9;/h1-7,10H;1H/p+1. The largest absolute Gasteiger partial charge is 1.00 e. The van der Waals surface area contributed by atoms with Crippen LogP contribution >= 0.6 is 12.4 Å². The Hall–Kier alpha value is -1.28. The fourth-order valence-corrected chi connectivity index (χ4v) is 1.01. The lowest BCUT2D eigenvalue weighted by molar-refractivity contribution is 1.52. The Balaban J connectivity index is 0.000000720. The molecule has 0 bridgehead atoms. The normalized spacial score (nSPS) is 12.3. The fraction of sp³-hybridized carbons (Fsp3) is 0. The van der Waals surface area contributed by atoms with E-state index in [4.69, 9.17) is 0 Å². The van der Waals surface area contributed by atoms with Crippen molar-refractivity contribution >= 4 is 30.0 Å². The third kappa shape index (κ3) is 1.66. The first kappa shape index (κ1) is 8.81. The minimum atomic E-state index is 0. The number of fused-ring (bicyclic) bond motifs is 1. The Morgan fingerprint density at radius 3 is 3.00 bits per heavy atom. The Morgan fingerprint density at radius 2 is 2.08 bits per heavy atom. The molecule has 0 saturated heterocycles. The molecule has 1 N–H and O–H groups in total. The first-order chi connectivity index (χ1) is 5.47. The Bertz CT molecular complexity index is 323. The van der Waals surface area contributed by atoms with Gasteiger partial charge >= 0.3 is 1.43 Å². The number of halogens is 1. The van der Waals surface area contributed by atoms with Crippen LogP contribution in [0.15, 0.2) is 41.5 Å². The summed E-state index contributed by atoms with van der Waals surface area (Å²) in [6.07, 6.45) is 5.52. The van der Waals surface area contributed by atoms with Gasteiger partial charge in [-0.25, -0.2) is 0 Å². The molecule has 3 heteroatoms. The molecule has 62 valence electrons. The van der Waals surface area contributed by atoms with E-state index in [1.807, 2.05) is 36.5 Å². The molecule has 0 aromatic heterocycles. The van der Waals surface area contributed by atoms with Gasteiger partial charge in [-0.2, -0.15) is 0 Å². The summed E-state index contributed by atoms with van der Waals surface area (Å²) in [7, 11) is 0. The quantitative estimate of drug-likeness (QED) is 0.654. The zero-order valence-corrected chi connectivity index (χ0v) is 7.21. The number of allylic oxidation sites excluding steroid dienone is 1. The number of benzene rings is 1. The number of hydrogen-bond donors (Lipinski definition) is 1. The molecule has 0 saturated carbocycles. The highest BCUT2D eigenvalue weighted by atomic mass is 35.5. The van der Waals surface area contributed by atoms with E-state index in [0.29, 0.717) is 0 Å². The van der Waals surface area contributed by atoms with Gasteiger partial charge in [0.15, 0.2) is 0 Å². The highest BCUT2D eigenvalue weighted by Gasteiger charge is 1.96. The molecule has 0 aliphatic carbocycles. The van der Waals surface area contributed by atoms with Crippen LogP contribution in [0, 0.1) is 0 Å². The molecule has 2 rings (SSSR count). The maximum absolute atomic E-state index is 4.21. The zero-order chi connectivity index (χ0) is 7.52. The van der Waals surface area contributed by atoms with Gasteiger partial charge in [0.2, 0.25) is 0 Å². The van der Waals surface area contributed by atoms with E-state index in [1.54, 1.807) is 6.21 Å². The van der Waals surface area contributed by atoms with E-state index in [-0.39, 0.29) is 13.8 Å². The molecule has 12 heavy (non-hydrogen) atoms. The maximum Gasteiger partial charge on any atom is 1.00 e. The zero-order valence-electron chi connectivity index (χ0n) is 7.40. The number of nitrogens with zero attached hydrogens (tertiary/aromatic N) is 1. The third-order valence-electron chi connectivity index (χ3n) is 1.54. The molecule has 0 spiro atoms. The highest BCUT2D eigenvalue weighted by Crippen LogP contribution is 2.24. The van der Waals surface area contributed by atoms with Gasteiger partial charge in [-0.1, -0.05) is 12.1 Å². The Morgan fingerprint density at radius 1 is 1.25 bits per heavy atom. The van der Waals surface area contributed by atoms with Crippen molar-refractivity contribution in [3.05, 3.63) is 36.5 Å². The van der Waals surface area contributed by atoms with Crippen LogP contribution < -0.4 is 5.32 Å². The van der Waals surface area contributed by atoms with Crippen molar-refractivity contribution in [2.24, 2.45) is 4.99 Å². The Kier molecular flexibility index (Phi) is 2.88. The lowest BCUT2D eigenvalue weighted by Gasteiger charge is -2.00. The first-order valence-electron chi connectivity index (χ1n) is 3.51. The van der Waals surface area contributed by atoms with Crippen LogP contribution in [0.3, 0.4) is 0 Å². The fourth-order valence-electron chi connectivity index (χ4n) is 1.01. The number of aliphatic imine (C=N–C) groups is 1. The molecule has 2 nitrogen and oxygen atoms in total. The summed E-state index contributed by atoms with van der Waals surface area (Å²) in [6.45, 7) is 0. The molecule has 0 amide bonds. The average molecular weight is 182 g/mol. The smallest absolute Gasteiger partial charge is 0.360 e. The van der Waals surface area contributed by atoms with Crippen LogP contribution in [0.2, 0.25) is 0 Å². The van der Waals surface area contributed by atoms with E-state index < -0.39 is 0 Å². The lowest BCUT2D eigenvalue weighted by atomic mass is 10.3. The van der Waals surface area contributed by atoms with Gasteiger partial charge in [0.1, 0.15) is 0 Å². The second-order valence-electron chi connectivity index (χ2n) is 2.30. The first-order valence-corrected chi connectivity index (χ1v) is 3.51. The summed E-state index contributed by atoms with van der Waals surface area (Å²) in [5.74, 6) is 0. The molecule has 0 fully saturated rings. The predicted molar refractivity (Wildman–Crippen MR) is 55.7 cm³/mol. The summed E-state index contributed by atoms with van der Waals surface area (Å²) in [6, 6.07) is 7.94. The number of rotatable bonds is 0. The SMILES string of the molecule is C1=CNc2ccccc2N=C1.Cl.[H+]. The number of para-hydroxylation sites is 2. The molecule has 0 atom stereocenters. The van der Waals surface area contributed by atoms with Crippen LogP contribution in [0.5, 0.6) is 0 Å². The van der Waals surface area contributed by atoms with Gasteiger partial charge in [-0.15, -0.1) is 12.4 Å². The van der Waals surface area contributed by atoms with Crippen molar-refractivity contribution in [2.75, 3.05) is 5.32 Å². The molecule has 1 heterocycles. The van der Waals surface area contributed by atoms with Crippen LogP contribution in [-0.4, -0.2) is 6.21 Å². The van der Waals surface area contributed by atoms with E-state index in [2.05, 4.69) is 10.3 Å². The number of hydrogen-bond acceptors (Lipinski definition) is 2. The van der Waals surface area contributed by atoms with E-state index >= 15 is 0 Å². The minimum absolute atomic E-state index is 0. The minimum Gasteiger partial charge on any atom is -0.360 e. The van der Waals surface area contributed by atoms with Crippen molar-refractivity contribution in [3.8, 4) is 0 Å². The summed E-state index contributed by atoms with van der Waals surface area (Å²) in [4.78, 5) is 4.21. The van der Waals surface area contributed by atoms with Crippen molar-refractivity contribution < 1.29 is 1.43 Å². The van der Waals surface area contributed by atoms with Crippen molar-refractivity contribution in [1.82, 2.24) is 0 Å². The monoisotopic (exact) mass is 181 g/mol. The third-order valence-corrected chi connectivity index (χ3v) is 1.54. The predicted octanol–water partition coefficient (Wildman–Crippen LogP) is 2.86. The highest BCUT2D eigenvalue weighted by molar-refractivity contribution is 5.85. The summed E-state index contributed by atoms with van der Waals surface area (Å²) < 4.78 is 0. The van der Waals surface area contributed by atoms with Gasteiger partial charge < -0.3 is 5.32 Å². The maximum atomic E-state index is 4.21.